The number of carboxylic acid groups (broad SMARTS) is 1. The fourth-order valence-corrected chi connectivity index (χ4v) is 1.71. The van der Waals surface area contributed by atoms with Crippen LogP contribution in [-0.2, 0) is 0 Å². The van der Waals surface area contributed by atoms with Crippen LogP contribution in [0.5, 0.6) is 0 Å². The normalized spacial score (nSPS) is 12.1. The van der Waals surface area contributed by atoms with Gasteiger partial charge >= 0.3 is 5.97 Å². The number of nitrogens with zero attached hydrogens (tertiary/aromatic N) is 1. The lowest BCUT2D eigenvalue weighted by molar-refractivity contribution is 0.0695. The molecule has 0 fully saturated rings. The minimum atomic E-state index is -0.967. The van der Waals surface area contributed by atoms with Gasteiger partial charge in [-0.3, -0.25) is 4.98 Å². The summed E-state index contributed by atoms with van der Waals surface area (Å²) >= 11 is 0. The molecule has 4 heteroatoms. The quantitative estimate of drug-likeness (QED) is 0.840. The summed E-state index contributed by atoms with van der Waals surface area (Å²) in [5.41, 5.74) is 7.74. The number of rotatable bonds is 3. The predicted octanol–water partition coefficient (Wildman–Crippen LogP) is 1.83. The van der Waals surface area contributed by atoms with Gasteiger partial charge in [0.1, 0.15) is 0 Å². The maximum Gasteiger partial charge on any atom is 0.336 e. The van der Waals surface area contributed by atoms with Crippen molar-refractivity contribution in [2.45, 2.75) is 6.04 Å². The lowest BCUT2D eigenvalue weighted by Crippen LogP contribution is -2.16. The molecule has 4 nitrogen and oxygen atoms in total. The first-order valence-corrected chi connectivity index (χ1v) is 5.18. The van der Waals surface area contributed by atoms with Crippen LogP contribution in [0, 0.1) is 0 Å². The van der Waals surface area contributed by atoms with E-state index in [0.29, 0.717) is 5.56 Å². The van der Waals surface area contributed by atoms with Crippen LogP contribution in [0.4, 0.5) is 0 Å². The number of carbonyl (C=O) groups is 1. The van der Waals surface area contributed by atoms with Crippen molar-refractivity contribution >= 4 is 5.97 Å². The molecule has 0 aliphatic heterocycles. The summed E-state index contributed by atoms with van der Waals surface area (Å²) < 4.78 is 0. The van der Waals surface area contributed by atoms with Gasteiger partial charge in [-0.15, -0.1) is 0 Å². The van der Waals surface area contributed by atoms with Gasteiger partial charge in [0.05, 0.1) is 11.6 Å². The Hall–Kier alpha value is -2.20. The second-order valence-corrected chi connectivity index (χ2v) is 3.65. The number of hydrogen-bond donors (Lipinski definition) is 2. The molecule has 2 aromatic rings. The van der Waals surface area contributed by atoms with Crippen LogP contribution >= 0.6 is 0 Å². The molecule has 86 valence electrons. The molecule has 0 amide bonds. The molecule has 3 N–H and O–H groups in total. The van der Waals surface area contributed by atoms with E-state index in [1.54, 1.807) is 48.8 Å². The maximum atomic E-state index is 11.1. The summed E-state index contributed by atoms with van der Waals surface area (Å²) in [4.78, 5) is 15.0. The molecule has 1 atom stereocenters. The number of carboxylic acids is 1. The Kier molecular flexibility index (Phi) is 3.16. The Labute approximate surface area is 98.7 Å². The van der Waals surface area contributed by atoms with Crippen LogP contribution in [-0.4, -0.2) is 16.1 Å². The standard InChI is InChI=1S/C13H12N2O2/c14-12(9-5-7-15-8-6-9)10-3-1-2-4-11(10)13(16)17/h1-8,12H,14H2,(H,16,17). The number of hydrogen-bond acceptors (Lipinski definition) is 3. The van der Waals surface area contributed by atoms with E-state index in [4.69, 9.17) is 10.8 Å². The zero-order valence-corrected chi connectivity index (χ0v) is 9.08. The van der Waals surface area contributed by atoms with Gasteiger partial charge in [0, 0.05) is 12.4 Å². The minimum Gasteiger partial charge on any atom is -0.478 e. The first-order valence-electron chi connectivity index (χ1n) is 5.18. The van der Waals surface area contributed by atoms with Crippen molar-refractivity contribution in [3.63, 3.8) is 0 Å². The van der Waals surface area contributed by atoms with Crippen LogP contribution in [0.3, 0.4) is 0 Å². The van der Waals surface area contributed by atoms with Gasteiger partial charge in [-0.2, -0.15) is 0 Å². The van der Waals surface area contributed by atoms with Gasteiger partial charge in [-0.05, 0) is 29.3 Å². The highest BCUT2D eigenvalue weighted by atomic mass is 16.4. The monoisotopic (exact) mass is 228 g/mol. The molecule has 0 spiro atoms. The van der Waals surface area contributed by atoms with E-state index < -0.39 is 12.0 Å². The third-order valence-corrected chi connectivity index (χ3v) is 2.59. The molecule has 0 aliphatic rings. The Morgan fingerprint density at radius 3 is 2.47 bits per heavy atom. The molecule has 17 heavy (non-hydrogen) atoms. The maximum absolute atomic E-state index is 11.1. The third-order valence-electron chi connectivity index (χ3n) is 2.59. The zero-order chi connectivity index (χ0) is 12.3. The second kappa shape index (κ2) is 4.76. The molecule has 0 saturated carbocycles. The van der Waals surface area contributed by atoms with E-state index in [0.717, 1.165) is 5.56 Å². The van der Waals surface area contributed by atoms with Gasteiger partial charge in [0.2, 0.25) is 0 Å². The number of aromatic nitrogens is 1. The second-order valence-electron chi connectivity index (χ2n) is 3.65. The van der Waals surface area contributed by atoms with Crippen LogP contribution in [0.1, 0.15) is 27.5 Å². The summed E-state index contributed by atoms with van der Waals surface area (Å²) in [5, 5.41) is 9.09. The van der Waals surface area contributed by atoms with Crippen LogP contribution in [0.15, 0.2) is 48.8 Å². The highest BCUT2D eigenvalue weighted by Gasteiger charge is 2.16. The lowest BCUT2D eigenvalue weighted by Gasteiger charge is -2.14. The number of pyridine rings is 1. The summed E-state index contributed by atoms with van der Waals surface area (Å²) in [7, 11) is 0. The average Bonchev–Trinajstić information content (AvgIpc) is 2.39. The van der Waals surface area contributed by atoms with Crippen LogP contribution < -0.4 is 5.73 Å². The number of nitrogens with two attached hydrogens (primary N) is 1. The van der Waals surface area contributed by atoms with Gasteiger partial charge in [0.25, 0.3) is 0 Å². The van der Waals surface area contributed by atoms with Gasteiger partial charge in [-0.25, -0.2) is 4.79 Å². The topological polar surface area (TPSA) is 76.2 Å². The van der Waals surface area contributed by atoms with Crippen molar-refractivity contribution in [3.8, 4) is 0 Å². The van der Waals surface area contributed by atoms with E-state index in [-0.39, 0.29) is 5.56 Å². The lowest BCUT2D eigenvalue weighted by atomic mass is 9.96. The smallest absolute Gasteiger partial charge is 0.336 e. The molecule has 0 radical (unpaired) electrons. The van der Waals surface area contributed by atoms with Crippen LogP contribution in [0.2, 0.25) is 0 Å². The van der Waals surface area contributed by atoms with E-state index in [9.17, 15) is 4.79 Å². The van der Waals surface area contributed by atoms with E-state index >= 15 is 0 Å². The molecule has 1 aromatic carbocycles. The van der Waals surface area contributed by atoms with E-state index in [2.05, 4.69) is 4.98 Å². The van der Waals surface area contributed by atoms with Gasteiger partial charge < -0.3 is 10.8 Å². The SMILES string of the molecule is NC(c1ccncc1)c1ccccc1C(=O)O. The Bertz CT molecular complexity index is 526. The van der Waals surface area contributed by atoms with Crippen molar-refractivity contribution in [2.75, 3.05) is 0 Å². The highest BCUT2D eigenvalue weighted by Crippen LogP contribution is 2.22. The largest absolute Gasteiger partial charge is 0.478 e. The Morgan fingerprint density at radius 2 is 1.82 bits per heavy atom. The first-order chi connectivity index (χ1) is 8.20. The fourth-order valence-electron chi connectivity index (χ4n) is 1.71. The summed E-state index contributed by atoms with van der Waals surface area (Å²) in [5.74, 6) is -0.967. The molecule has 1 aromatic heterocycles. The Morgan fingerprint density at radius 1 is 1.18 bits per heavy atom. The average molecular weight is 228 g/mol. The zero-order valence-electron chi connectivity index (χ0n) is 9.08. The molecule has 1 unspecified atom stereocenters. The van der Waals surface area contributed by atoms with Crippen molar-refractivity contribution in [1.29, 1.82) is 0 Å². The summed E-state index contributed by atoms with van der Waals surface area (Å²) in [6, 6.07) is 9.86. The third kappa shape index (κ3) is 2.32. The summed E-state index contributed by atoms with van der Waals surface area (Å²) in [6.45, 7) is 0. The Balaban J connectivity index is 2.44. The molecule has 2 rings (SSSR count). The molecule has 1 heterocycles. The van der Waals surface area contributed by atoms with E-state index in [1.807, 2.05) is 0 Å². The molecule has 0 aliphatic carbocycles. The van der Waals surface area contributed by atoms with Crippen molar-refractivity contribution < 1.29 is 9.90 Å². The number of benzene rings is 1. The fraction of sp³-hybridized carbons (Fsp3) is 0.0769. The van der Waals surface area contributed by atoms with E-state index in [1.165, 1.54) is 0 Å². The van der Waals surface area contributed by atoms with Gasteiger partial charge in [0.15, 0.2) is 0 Å². The van der Waals surface area contributed by atoms with Crippen molar-refractivity contribution in [2.24, 2.45) is 5.73 Å². The van der Waals surface area contributed by atoms with Crippen molar-refractivity contribution in [3.05, 3.63) is 65.5 Å². The first kappa shape index (κ1) is 11.3. The molecular formula is C13H12N2O2. The summed E-state index contributed by atoms with van der Waals surface area (Å²) in [6.07, 6.45) is 3.27. The minimum absolute atomic E-state index is 0.233. The van der Waals surface area contributed by atoms with Crippen molar-refractivity contribution in [1.82, 2.24) is 4.98 Å². The van der Waals surface area contributed by atoms with Crippen LogP contribution in [0.25, 0.3) is 0 Å². The number of aromatic carboxylic acids is 1. The highest BCUT2D eigenvalue weighted by molar-refractivity contribution is 5.89. The molecular weight excluding hydrogens is 216 g/mol. The molecule has 0 bridgehead atoms. The van der Waals surface area contributed by atoms with Gasteiger partial charge in [-0.1, -0.05) is 18.2 Å². The molecule has 0 saturated heterocycles. The predicted molar refractivity (Wildman–Crippen MR) is 63.7 cm³/mol.